The Kier molecular flexibility index (Phi) is 4.40. The third-order valence-corrected chi connectivity index (χ3v) is 3.14. The summed E-state index contributed by atoms with van der Waals surface area (Å²) in [7, 11) is 1.78. The standard InChI is InChI=1S/C10H19F3N2/c1-3-8-6-14-7-9(8)15(2)5-4-10(11,12)13/h8-9,14H,3-7H2,1-2H3. The van der Waals surface area contributed by atoms with E-state index in [-0.39, 0.29) is 12.6 Å². The first kappa shape index (κ1) is 12.8. The Morgan fingerprint density at radius 1 is 1.33 bits per heavy atom. The van der Waals surface area contributed by atoms with Gasteiger partial charge in [0.15, 0.2) is 0 Å². The molecule has 0 aromatic rings. The van der Waals surface area contributed by atoms with Crippen molar-refractivity contribution in [3.63, 3.8) is 0 Å². The van der Waals surface area contributed by atoms with Gasteiger partial charge in [-0.3, -0.25) is 0 Å². The number of halogens is 3. The van der Waals surface area contributed by atoms with Gasteiger partial charge in [-0.1, -0.05) is 13.3 Å². The van der Waals surface area contributed by atoms with Crippen LogP contribution in [-0.4, -0.2) is 43.8 Å². The van der Waals surface area contributed by atoms with Crippen LogP contribution in [0.25, 0.3) is 0 Å². The summed E-state index contributed by atoms with van der Waals surface area (Å²) in [5.74, 6) is 0.489. The molecule has 1 saturated heterocycles. The molecule has 1 N–H and O–H groups in total. The van der Waals surface area contributed by atoms with Gasteiger partial charge in [0.1, 0.15) is 0 Å². The normalized spacial score (nSPS) is 27.6. The molecule has 15 heavy (non-hydrogen) atoms. The molecule has 2 atom stereocenters. The van der Waals surface area contributed by atoms with Crippen LogP contribution in [0.3, 0.4) is 0 Å². The molecule has 1 rings (SSSR count). The topological polar surface area (TPSA) is 15.3 Å². The molecule has 90 valence electrons. The van der Waals surface area contributed by atoms with Gasteiger partial charge in [0.25, 0.3) is 0 Å². The molecule has 0 aliphatic carbocycles. The van der Waals surface area contributed by atoms with Crippen LogP contribution in [0, 0.1) is 5.92 Å². The Hall–Kier alpha value is -0.290. The summed E-state index contributed by atoms with van der Waals surface area (Å²) in [5.41, 5.74) is 0. The molecule has 0 radical (unpaired) electrons. The Balaban J connectivity index is 2.36. The van der Waals surface area contributed by atoms with E-state index in [9.17, 15) is 13.2 Å². The summed E-state index contributed by atoms with van der Waals surface area (Å²) in [4.78, 5) is 1.83. The van der Waals surface area contributed by atoms with E-state index in [0.29, 0.717) is 5.92 Å². The zero-order valence-electron chi connectivity index (χ0n) is 9.27. The maximum Gasteiger partial charge on any atom is 0.390 e. The maximum atomic E-state index is 12.0. The van der Waals surface area contributed by atoms with E-state index in [4.69, 9.17) is 0 Å². The minimum Gasteiger partial charge on any atom is -0.315 e. The molecule has 0 saturated carbocycles. The fourth-order valence-electron chi connectivity index (χ4n) is 2.12. The molecule has 0 spiro atoms. The van der Waals surface area contributed by atoms with Gasteiger partial charge < -0.3 is 10.2 Å². The van der Waals surface area contributed by atoms with Gasteiger partial charge in [0.2, 0.25) is 0 Å². The van der Waals surface area contributed by atoms with Crippen LogP contribution in [0.5, 0.6) is 0 Å². The van der Waals surface area contributed by atoms with Crippen molar-refractivity contribution in [3.8, 4) is 0 Å². The van der Waals surface area contributed by atoms with E-state index in [1.165, 1.54) is 0 Å². The lowest BCUT2D eigenvalue weighted by molar-refractivity contribution is -0.138. The Labute approximate surface area is 88.8 Å². The number of rotatable bonds is 4. The lowest BCUT2D eigenvalue weighted by Crippen LogP contribution is -2.39. The van der Waals surface area contributed by atoms with Crippen molar-refractivity contribution < 1.29 is 13.2 Å². The third-order valence-electron chi connectivity index (χ3n) is 3.14. The minimum absolute atomic E-state index is 0.104. The molecule has 2 nitrogen and oxygen atoms in total. The number of nitrogens with zero attached hydrogens (tertiary/aromatic N) is 1. The van der Waals surface area contributed by atoms with Crippen molar-refractivity contribution in [1.29, 1.82) is 0 Å². The van der Waals surface area contributed by atoms with Gasteiger partial charge in [-0.05, 0) is 19.5 Å². The van der Waals surface area contributed by atoms with Gasteiger partial charge >= 0.3 is 6.18 Å². The van der Waals surface area contributed by atoms with Crippen molar-refractivity contribution in [2.75, 3.05) is 26.7 Å². The number of nitrogens with one attached hydrogen (secondary N) is 1. The second-order valence-corrected chi connectivity index (χ2v) is 4.24. The first-order valence-corrected chi connectivity index (χ1v) is 5.41. The molecule has 1 aliphatic rings. The predicted molar refractivity (Wildman–Crippen MR) is 53.7 cm³/mol. The van der Waals surface area contributed by atoms with Crippen LogP contribution in [0.2, 0.25) is 0 Å². The summed E-state index contributed by atoms with van der Waals surface area (Å²) >= 11 is 0. The molecule has 1 aliphatic heterocycles. The zero-order valence-corrected chi connectivity index (χ0v) is 9.27. The molecular weight excluding hydrogens is 205 g/mol. The molecular formula is C10H19F3N2. The molecule has 5 heteroatoms. The molecule has 0 amide bonds. The smallest absolute Gasteiger partial charge is 0.315 e. The van der Waals surface area contributed by atoms with E-state index in [2.05, 4.69) is 12.2 Å². The highest BCUT2D eigenvalue weighted by atomic mass is 19.4. The lowest BCUT2D eigenvalue weighted by atomic mass is 9.99. The van der Waals surface area contributed by atoms with E-state index in [0.717, 1.165) is 19.5 Å². The summed E-state index contributed by atoms with van der Waals surface area (Å²) in [6, 6.07) is 0.261. The van der Waals surface area contributed by atoms with Crippen molar-refractivity contribution in [2.45, 2.75) is 32.0 Å². The molecule has 0 bridgehead atoms. The van der Waals surface area contributed by atoms with Gasteiger partial charge in [-0.2, -0.15) is 13.2 Å². The minimum atomic E-state index is -4.04. The second-order valence-electron chi connectivity index (χ2n) is 4.24. The lowest BCUT2D eigenvalue weighted by Gasteiger charge is -2.28. The Morgan fingerprint density at radius 3 is 2.53 bits per heavy atom. The second kappa shape index (κ2) is 5.16. The maximum absolute atomic E-state index is 12.0. The number of alkyl halides is 3. The van der Waals surface area contributed by atoms with E-state index in [1.807, 2.05) is 4.90 Å². The quantitative estimate of drug-likeness (QED) is 0.784. The highest BCUT2D eigenvalue weighted by Gasteiger charge is 2.32. The zero-order chi connectivity index (χ0) is 11.5. The van der Waals surface area contributed by atoms with Crippen LogP contribution in [0.15, 0.2) is 0 Å². The first-order valence-electron chi connectivity index (χ1n) is 5.41. The average molecular weight is 224 g/mol. The van der Waals surface area contributed by atoms with E-state index < -0.39 is 12.6 Å². The van der Waals surface area contributed by atoms with Crippen LogP contribution in [0.1, 0.15) is 19.8 Å². The number of hydrogen-bond acceptors (Lipinski definition) is 2. The Morgan fingerprint density at radius 2 is 2.00 bits per heavy atom. The van der Waals surface area contributed by atoms with E-state index in [1.54, 1.807) is 7.05 Å². The van der Waals surface area contributed by atoms with Crippen molar-refractivity contribution in [3.05, 3.63) is 0 Å². The molecule has 0 aromatic carbocycles. The van der Waals surface area contributed by atoms with Gasteiger partial charge in [0.05, 0.1) is 6.42 Å². The molecule has 1 fully saturated rings. The van der Waals surface area contributed by atoms with Crippen molar-refractivity contribution in [2.24, 2.45) is 5.92 Å². The number of hydrogen-bond donors (Lipinski definition) is 1. The monoisotopic (exact) mass is 224 g/mol. The average Bonchev–Trinajstić information content (AvgIpc) is 2.60. The van der Waals surface area contributed by atoms with Crippen molar-refractivity contribution in [1.82, 2.24) is 10.2 Å². The molecule has 0 aromatic heterocycles. The SMILES string of the molecule is CCC1CNCC1N(C)CCC(F)(F)F. The Bertz CT molecular complexity index is 194. The van der Waals surface area contributed by atoms with Gasteiger partial charge in [0, 0.05) is 19.1 Å². The largest absolute Gasteiger partial charge is 0.390 e. The summed E-state index contributed by atoms with van der Waals surface area (Å²) in [5, 5.41) is 3.23. The first-order chi connectivity index (χ1) is 6.94. The van der Waals surface area contributed by atoms with Crippen LogP contribution < -0.4 is 5.32 Å². The van der Waals surface area contributed by atoms with Crippen molar-refractivity contribution >= 4 is 0 Å². The fraction of sp³-hybridized carbons (Fsp3) is 1.00. The fourth-order valence-corrected chi connectivity index (χ4v) is 2.12. The number of likely N-dealkylation sites (N-methyl/N-ethyl adjacent to an activating group) is 1. The van der Waals surface area contributed by atoms with Gasteiger partial charge in [-0.25, -0.2) is 0 Å². The summed E-state index contributed by atoms with van der Waals surface area (Å²) in [6.45, 7) is 3.93. The summed E-state index contributed by atoms with van der Waals surface area (Å²) in [6.07, 6.45) is -3.73. The van der Waals surface area contributed by atoms with E-state index >= 15 is 0 Å². The predicted octanol–water partition coefficient (Wildman–Crippen LogP) is 1.87. The van der Waals surface area contributed by atoms with Crippen LogP contribution in [0.4, 0.5) is 13.2 Å². The highest BCUT2D eigenvalue weighted by Crippen LogP contribution is 2.22. The molecule has 1 heterocycles. The highest BCUT2D eigenvalue weighted by molar-refractivity contribution is 4.86. The van der Waals surface area contributed by atoms with Crippen LogP contribution in [-0.2, 0) is 0 Å². The molecule has 2 unspecified atom stereocenters. The summed E-state index contributed by atoms with van der Waals surface area (Å²) < 4.78 is 36.1. The van der Waals surface area contributed by atoms with Crippen LogP contribution >= 0.6 is 0 Å². The van der Waals surface area contributed by atoms with Gasteiger partial charge in [-0.15, -0.1) is 0 Å². The third kappa shape index (κ3) is 3.99.